The molecule has 0 aliphatic rings. The van der Waals surface area contributed by atoms with E-state index in [2.05, 4.69) is 16.5 Å². The van der Waals surface area contributed by atoms with Gasteiger partial charge in [0.25, 0.3) is 0 Å². The third-order valence-electron chi connectivity index (χ3n) is 2.12. The monoisotopic (exact) mass is 226 g/mol. The van der Waals surface area contributed by atoms with Gasteiger partial charge in [-0.1, -0.05) is 29.8 Å². The molecule has 0 spiro atoms. The van der Waals surface area contributed by atoms with Crippen molar-refractivity contribution in [3.63, 3.8) is 0 Å². The molecule has 0 unspecified atom stereocenters. The van der Waals surface area contributed by atoms with Crippen LogP contribution in [0, 0.1) is 6.92 Å². The van der Waals surface area contributed by atoms with Crippen LogP contribution in [0.5, 0.6) is 0 Å². The van der Waals surface area contributed by atoms with Crippen molar-refractivity contribution in [3.05, 3.63) is 40.4 Å². The summed E-state index contributed by atoms with van der Waals surface area (Å²) in [4.78, 5) is 0. The first-order valence-electron chi connectivity index (χ1n) is 4.59. The first-order chi connectivity index (χ1) is 7.20. The summed E-state index contributed by atoms with van der Waals surface area (Å²) in [5.74, 6) is 5.10. The van der Waals surface area contributed by atoms with Crippen LogP contribution in [0.2, 0.25) is 5.02 Å². The van der Waals surface area contributed by atoms with Crippen LogP contribution in [-0.2, 0) is 0 Å². The van der Waals surface area contributed by atoms with Gasteiger partial charge in [-0.05, 0) is 25.5 Å². The van der Waals surface area contributed by atoms with Crippen LogP contribution >= 0.6 is 11.6 Å². The largest absolute Gasteiger partial charge is 0.307 e. The molecule has 0 bridgehead atoms. The Morgan fingerprint density at radius 1 is 1.47 bits per heavy atom. The minimum atomic E-state index is 0.745. The van der Waals surface area contributed by atoms with E-state index in [1.54, 1.807) is 0 Å². The summed E-state index contributed by atoms with van der Waals surface area (Å²) in [7, 11) is 0. The van der Waals surface area contributed by atoms with Crippen molar-refractivity contribution in [2.75, 3.05) is 0 Å². The van der Waals surface area contributed by atoms with Crippen LogP contribution in [-0.4, -0.2) is 0 Å². The van der Waals surface area contributed by atoms with Crippen molar-refractivity contribution in [1.29, 1.82) is 0 Å². The summed E-state index contributed by atoms with van der Waals surface area (Å²) in [6.45, 7) is 3.90. The van der Waals surface area contributed by atoms with E-state index in [0.717, 1.165) is 21.8 Å². The zero-order chi connectivity index (χ0) is 11.3. The number of rotatable bonds is 4. The van der Waals surface area contributed by atoms with Gasteiger partial charge in [-0.2, -0.15) is 11.1 Å². The Hall–Kier alpha value is -1.07. The van der Waals surface area contributed by atoms with Crippen LogP contribution in [0.1, 0.15) is 18.1 Å². The second kappa shape index (κ2) is 5.72. The average Bonchev–Trinajstić information content (AvgIpc) is 2.25. The van der Waals surface area contributed by atoms with Gasteiger partial charge in [-0.15, -0.1) is 0 Å². The maximum absolute atomic E-state index is 6.03. The van der Waals surface area contributed by atoms with Gasteiger partial charge in [0.1, 0.15) is 0 Å². The first-order valence-corrected chi connectivity index (χ1v) is 4.97. The predicted molar refractivity (Wildman–Crippen MR) is 63.4 cm³/mol. The Morgan fingerprint density at radius 2 is 2.20 bits per heavy atom. The molecule has 0 saturated heterocycles. The van der Waals surface area contributed by atoms with Gasteiger partial charge < -0.3 is 5.43 Å². The molecule has 0 radical (unpaired) electrons. The summed E-state index contributed by atoms with van der Waals surface area (Å²) in [5.41, 5.74) is 10.8. The molecule has 0 aliphatic carbocycles. The van der Waals surface area contributed by atoms with Crippen molar-refractivity contribution < 1.29 is 0 Å². The maximum atomic E-state index is 6.03. The lowest BCUT2D eigenvalue weighted by Gasteiger charge is -2.14. The summed E-state index contributed by atoms with van der Waals surface area (Å²) in [6, 6.07) is 5.76. The average molecular weight is 227 g/mol. The Kier molecular flexibility index (Phi) is 4.58. The Labute approximate surface area is 94.4 Å². The number of nitrogens with one attached hydrogen (secondary N) is 3. The molecule has 0 heterocycles. The molecule has 0 fully saturated rings. The fourth-order valence-electron chi connectivity index (χ4n) is 1.30. The molecule has 5 heteroatoms. The van der Waals surface area contributed by atoms with E-state index in [-0.39, 0.29) is 0 Å². The highest BCUT2D eigenvalue weighted by Gasteiger charge is 2.05. The van der Waals surface area contributed by atoms with Gasteiger partial charge >= 0.3 is 0 Å². The summed E-state index contributed by atoms with van der Waals surface area (Å²) in [6.07, 6.45) is 1.93. The lowest BCUT2D eigenvalue weighted by Crippen LogP contribution is -2.46. The van der Waals surface area contributed by atoms with Crippen molar-refractivity contribution in [3.8, 4) is 0 Å². The molecule has 0 atom stereocenters. The van der Waals surface area contributed by atoms with E-state index >= 15 is 0 Å². The summed E-state index contributed by atoms with van der Waals surface area (Å²) in [5, 5.41) is 0.745. The zero-order valence-electron chi connectivity index (χ0n) is 8.76. The number of hydrogen-bond acceptors (Lipinski definition) is 4. The Bertz CT molecular complexity index is 362. The quantitative estimate of drug-likeness (QED) is 0.464. The van der Waals surface area contributed by atoms with Crippen LogP contribution in [0.3, 0.4) is 0 Å². The highest BCUT2D eigenvalue weighted by atomic mass is 35.5. The van der Waals surface area contributed by atoms with Gasteiger partial charge in [-0.3, -0.25) is 5.84 Å². The van der Waals surface area contributed by atoms with Gasteiger partial charge in [-0.25, -0.2) is 0 Å². The second-order valence-electron chi connectivity index (χ2n) is 3.01. The second-order valence-corrected chi connectivity index (χ2v) is 3.42. The maximum Gasteiger partial charge on any atom is 0.0534 e. The van der Waals surface area contributed by atoms with Crippen molar-refractivity contribution in [1.82, 2.24) is 16.5 Å². The fraction of sp³-hybridized carbons (Fsp3) is 0.200. The van der Waals surface area contributed by atoms with Crippen LogP contribution in [0.15, 0.2) is 24.3 Å². The lowest BCUT2D eigenvalue weighted by atomic mass is 10.1. The number of benzene rings is 1. The minimum absolute atomic E-state index is 0.745. The van der Waals surface area contributed by atoms with Crippen molar-refractivity contribution in [2.45, 2.75) is 13.8 Å². The third kappa shape index (κ3) is 2.94. The van der Waals surface area contributed by atoms with Gasteiger partial charge in [0, 0.05) is 10.6 Å². The van der Waals surface area contributed by atoms with Gasteiger partial charge in [0.15, 0.2) is 0 Å². The molecule has 1 rings (SSSR count). The molecular weight excluding hydrogens is 212 g/mol. The highest BCUT2D eigenvalue weighted by molar-refractivity contribution is 6.31. The van der Waals surface area contributed by atoms with E-state index in [4.69, 9.17) is 17.4 Å². The smallest absolute Gasteiger partial charge is 0.0534 e. The van der Waals surface area contributed by atoms with E-state index in [1.807, 2.05) is 38.1 Å². The minimum Gasteiger partial charge on any atom is -0.307 e. The Morgan fingerprint density at radius 3 is 2.80 bits per heavy atom. The molecule has 0 saturated carbocycles. The highest BCUT2D eigenvalue weighted by Crippen LogP contribution is 2.23. The first kappa shape index (κ1) is 12.0. The molecule has 0 amide bonds. The van der Waals surface area contributed by atoms with Crippen molar-refractivity contribution >= 4 is 17.3 Å². The fourth-order valence-corrected chi connectivity index (χ4v) is 1.47. The molecule has 4 nitrogen and oxygen atoms in total. The lowest BCUT2D eigenvalue weighted by molar-refractivity contribution is 0.513. The predicted octanol–water partition coefficient (Wildman–Crippen LogP) is 1.48. The van der Waals surface area contributed by atoms with E-state index in [1.165, 1.54) is 0 Å². The van der Waals surface area contributed by atoms with Crippen LogP contribution < -0.4 is 22.3 Å². The SMILES string of the molecule is C/C=C(\NNNN)c1cccc(Cl)c1C. The summed E-state index contributed by atoms with van der Waals surface area (Å²) < 4.78 is 0. The number of hydrazine groups is 3. The Balaban J connectivity index is 2.98. The molecule has 5 N–H and O–H groups in total. The van der Waals surface area contributed by atoms with E-state index < -0.39 is 0 Å². The zero-order valence-corrected chi connectivity index (χ0v) is 9.52. The molecule has 0 aliphatic heterocycles. The molecule has 1 aromatic carbocycles. The molecule has 15 heavy (non-hydrogen) atoms. The van der Waals surface area contributed by atoms with Crippen LogP contribution in [0.25, 0.3) is 5.70 Å². The standard InChI is InChI=1S/C10H15ClN4/c1-3-10(13-15-14-12)8-5-4-6-9(11)7(8)2/h3-6,13-15H,12H2,1-2H3/b10-3-. The molecular formula is C10H15ClN4. The number of hydrogen-bond donors (Lipinski definition) is 4. The number of nitrogens with two attached hydrogens (primary N) is 1. The normalized spacial score (nSPS) is 11.6. The van der Waals surface area contributed by atoms with Gasteiger partial charge in [0.2, 0.25) is 0 Å². The number of halogens is 1. The molecule has 82 valence electrons. The van der Waals surface area contributed by atoms with Crippen LogP contribution in [0.4, 0.5) is 0 Å². The third-order valence-corrected chi connectivity index (χ3v) is 2.53. The molecule has 0 aromatic heterocycles. The van der Waals surface area contributed by atoms with Crippen molar-refractivity contribution in [2.24, 2.45) is 5.84 Å². The summed E-state index contributed by atoms with van der Waals surface area (Å²) >= 11 is 6.03. The van der Waals surface area contributed by atoms with Gasteiger partial charge in [0.05, 0.1) is 5.70 Å². The topological polar surface area (TPSA) is 62.1 Å². The molecule has 1 aromatic rings. The van der Waals surface area contributed by atoms with E-state index in [0.29, 0.717) is 0 Å². The van der Waals surface area contributed by atoms with E-state index in [9.17, 15) is 0 Å². The number of allylic oxidation sites excluding steroid dienone is 1.